The molecule has 0 aromatic heterocycles. The van der Waals surface area contributed by atoms with E-state index in [1.54, 1.807) is 0 Å². The molecule has 3 nitrogen and oxygen atoms in total. The molecule has 80 valence electrons. The molecule has 0 spiro atoms. The zero-order valence-corrected chi connectivity index (χ0v) is 8.38. The van der Waals surface area contributed by atoms with Gasteiger partial charge < -0.3 is 10.4 Å². The van der Waals surface area contributed by atoms with E-state index in [0.29, 0.717) is 0 Å². The topological polar surface area (TPSA) is 49.3 Å². The quantitative estimate of drug-likeness (QED) is 0.804. The van der Waals surface area contributed by atoms with Crippen LogP contribution in [-0.2, 0) is 0 Å². The Kier molecular flexibility index (Phi) is 2.14. The van der Waals surface area contributed by atoms with Gasteiger partial charge in [0.05, 0.1) is 11.3 Å². The third-order valence-corrected chi connectivity index (χ3v) is 2.67. The molecular formula is C11H12FNO2. The summed E-state index contributed by atoms with van der Waals surface area (Å²) in [6.45, 7) is 1.95. The van der Waals surface area contributed by atoms with E-state index < -0.39 is 11.8 Å². The number of rotatable bonds is 3. The van der Waals surface area contributed by atoms with E-state index in [2.05, 4.69) is 5.32 Å². The molecule has 4 heteroatoms. The number of halogens is 1. The lowest BCUT2D eigenvalue weighted by atomic mass is 10.1. The molecule has 1 aliphatic carbocycles. The lowest BCUT2D eigenvalue weighted by Gasteiger charge is -2.15. The molecule has 2 N–H and O–H groups in total. The highest BCUT2D eigenvalue weighted by Crippen LogP contribution is 2.39. The molecule has 0 unspecified atom stereocenters. The number of nitrogens with one attached hydrogen (secondary N) is 1. The molecule has 2 rings (SSSR count). The molecule has 0 aliphatic heterocycles. The number of carboxylic acid groups (broad SMARTS) is 1. The Morgan fingerprint density at radius 2 is 2.20 bits per heavy atom. The van der Waals surface area contributed by atoms with Gasteiger partial charge in [-0.3, -0.25) is 0 Å². The Morgan fingerprint density at radius 1 is 1.53 bits per heavy atom. The van der Waals surface area contributed by atoms with Crippen LogP contribution < -0.4 is 5.32 Å². The van der Waals surface area contributed by atoms with E-state index in [9.17, 15) is 9.18 Å². The standard InChI is InChI=1S/C11H12FNO2/c1-11(5-6-11)13-9-7(10(14)15)3-2-4-8(9)12/h2-4,13H,5-6H2,1H3,(H,14,15). The SMILES string of the molecule is CC1(Nc2c(F)cccc2C(=O)O)CC1. The summed E-state index contributed by atoms with van der Waals surface area (Å²) in [7, 11) is 0. The molecule has 1 aromatic carbocycles. The number of benzene rings is 1. The highest BCUT2D eigenvalue weighted by atomic mass is 19.1. The lowest BCUT2D eigenvalue weighted by molar-refractivity contribution is 0.0697. The van der Waals surface area contributed by atoms with Crippen molar-refractivity contribution in [3.63, 3.8) is 0 Å². The average Bonchev–Trinajstić information content (AvgIpc) is 2.87. The molecule has 1 saturated carbocycles. The summed E-state index contributed by atoms with van der Waals surface area (Å²) in [6.07, 6.45) is 1.89. The molecule has 15 heavy (non-hydrogen) atoms. The molecule has 0 bridgehead atoms. The van der Waals surface area contributed by atoms with E-state index in [-0.39, 0.29) is 16.8 Å². The summed E-state index contributed by atoms with van der Waals surface area (Å²) in [5, 5.41) is 11.9. The number of carbonyl (C=O) groups is 1. The van der Waals surface area contributed by atoms with Gasteiger partial charge in [-0.15, -0.1) is 0 Å². The van der Waals surface area contributed by atoms with Gasteiger partial charge in [-0.2, -0.15) is 0 Å². The van der Waals surface area contributed by atoms with Crippen LogP contribution >= 0.6 is 0 Å². The lowest BCUT2D eigenvalue weighted by Crippen LogP contribution is -2.19. The fourth-order valence-corrected chi connectivity index (χ4v) is 1.44. The molecule has 0 radical (unpaired) electrons. The van der Waals surface area contributed by atoms with E-state index in [1.165, 1.54) is 18.2 Å². The molecule has 1 aliphatic rings. The first-order chi connectivity index (χ1) is 7.02. The maximum Gasteiger partial charge on any atom is 0.337 e. The molecule has 1 fully saturated rings. The van der Waals surface area contributed by atoms with E-state index in [1.807, 2.05) is 6.92 Å². The Morgan fingerprint density at radius 3 is 2.73 bits per heavy atom. The summed E-state index contributed by atoms with van der Waals surface area (Å²) in [6, 6.07) is 4.07. The average molecular weight is 209 g/mol. The number of carboxylic acids is 1. The fourth-order valence-electron chi connectivity index (χ4n) is 1.44. The van der Waals surface area contributed by atoms with E-state index in [0.717, 1.165) is 12.8 Å². The number of hydrogen-bond acceptors (Lipinski definition) is 2. The Labute approximate surface area is 86.9 Å². The predicted octanol–water partition coefficient (Wildman–Crippen LogP) is 2.49. The third-order valence-electron chi connectivity index (χ3n) is 2.67. The summed E-state index contributed by atoms with van der Waals surface area (Å²) in [4.78, 5) is 10.9. The number of anilines is 1. The van der Waals surface area contributed by atoms with Crippen molar-refractivity contribution in [3.8, 4) is 0 Å². The molecule has 0 saturated heterocycles. The highest BCUT2D eigenvalue weighted by Gasteiger charge is 2.38. The van der Waals surface area contributed by atoms with Gasteiger partial charge in [0, 0.05) is 5.54 Å². The first-order valence-corrected chi connectivity index (χ1v) is 4.82. The van der Waals surface area contributed by atoms with Crippen LogP contribution in [0.25, 0.3) is 0 Å². The molecular weight excluding hydrogens is 197 g/mol. The van der Waals surface area contributed by atoms with Crippen molar-refractivity contribution in [2.24, 2.45) is 0 Å². The van der Waals surface area contributed by atoms with Crippen molar-refractivity contribution >= 4 is 11.7 Å². The minimum Gasteiger partial charge on any atom is -0.478 e. The van der Waals surface area contributed by atoms with Crippen LogP contribution in [0.3, 0.4) is 0 Å². The van der Waals surface area contributed by atoms with Crippen molar-refractivity contribution in [2.45, 2.75) is 25.3 Å². The minimum absolute atomic E-state index is 0.0110. The van der Waals surface area contributed by atoms with Gasteiger partial charge in [-0.25, -0.2) is 9.18 Å². The Bertz CT molecular complexity index is 413. The Balaban J connectivity index is 2.38. The Hall–Kier alpha value is -1.58. The number of aromatic carboxylic acids is 1. The number of hydrogen-bond donors (Lipinski definition) is 2. The smallest absolute Gasteiger partial charge is 0.337 e. The van der Waals surface area contributed by atoms with E-state index >= 15 is 0 Å². The summed E-state index contributed by atoms with van der Waals surface area (Å²) < 4.78 is 13.4. The van der Waals surface area contributed by atoms with Gasteiger partial charge >= 0.3 is 5.97 Å². The second-order valence-corrected chi connectivity index (χ2v) is 4.15. The fraction of sp³-hybridized carbons (Fsp3) is 0.364. The zero-order chi connectivity index (χ0) is 11.1. The van der Waals surface area contributed by atoms with Crippen LogP contribution in [0.2, 0.25) is 0 Å². The van der Waals surface area contributed by atoms with Gasteiger partial charge in [0.1, 0.15) is 5.82 Å². The summed E-state index contributed by atoms with van der Waals surface area (Å²) >= 11 is 0. The maximum atomic E-state index is 13.4. The minimum atomic E-state index is -1.11. The largest absolute Gasteiger partial charge is 0.478 e. The summed E-state index contributed by atoms with van der Waals surface area (Å²) in [5.74, 6) is -1.62. The van der Waals surface area contributed by atoms with Crippen LogP contribution in [0.4, 0.5) is 10.1 Å². The zero-order valence-electron chi connectivity index (χ0n) is 8.38. The second-order valence-electron chi connectivity index (χ2n) is 4.15. The van der Waals surface area contributed by atoms with Crippen LogP contribution in [-0.4, -0.2) is 16.6 Å². The van der Waals surface area contributed by atoms with Crippen molar-refractivity contribution in [1.29, 1.82) is 0 Å². The van der Waals surface area contributed by atoms with Gasteiger partial charge in [0.2, 0.25) is 0 Å². The van der Waals surface area contributed by atoms with Crippen molar-refractivity contribution < 1.29 is 14.3 Å². The van der Waals surface area contributed by atoms with Crippen LogP contribution in [0.5, 0.6) is 0 Å². The second kappa shape index (κ2) is 3.22. The first kappa shape index (κ1) is 9.96. The third kappa shape index (κ3) is 1.93. The maximum absolute atomic E-state index is 13.4. The monoisotopic (exact) mass is 209 g/mol. The van der Waals surface area contributed by atoms with Gasteiger partial charge in [0.25, 0.3) is 0 Å². The normalized spacial score (nSPS) is 17.2. The summed E-state index contributed by atoms with van der Waals surface area (Å²) in [5.41, 5.74) is -0.0417. The number of para-hydroxylation sites is 1. The van der Waals surface area contributed by atoms with Gasteiger partial charge in [-0.1, -0.05) is 6.07 Å². The van der Waals surface area contributed by atoms with Crippen molar-refractivity contribution in [3.05, 3.63) is 29.6 Å². The highest BCUT2D eigenvalue weighted by molar-refractivity contribution is 5.94. The van der Waals surface area contributed by atoms with Crippen LogP contribution in [0.1, 0.15) is 30.1 Å². The predicted molar refractivity (Wildman–Crippen MR) is 54.6 cm³/mol. The van der Waals surface area contributed by atoms with Crippen molar-refractivity contribution in [2.75, 3.05) is 5.32 Å². The molecule has 0 heterocycles. The van der Waals surface area contributed by atoms with Gasteiger partial charge in [-0.05, 0) is 31.9 Å². The van der Waals surface area contributed by atoms with E-state index in [4.69, 9.17) is 5.11 Å². The molecule has 0 amide bonds. The van der Waals surface area contributed by atoms with Crippen LogP contribution in [0.15, 0.2) is 18.2 Å². The molecule has 1 aromatic rings. The first-order valence-electron chi connectivity index (χ1n) is 4.82. The van der Waals surface area contributed by atoms with Crippen LogP contribution in [0, 0.1) is 5.82 Å². The molecule has 0 atom stereocenters. The van der Waals surface area contributed by atoms with Crippen molar-refractivity contribution in [1.82, 2.24) is 0 Å². The van der Waals surface area contributed by atoms with Gasteiger partial charge in [0.15, 0.2) is 0 Å².